The number of hydrogen-bond donors (Lipinski definition) is 1. The maximum absolute atomic E-state index is 3.70. The van der Waals surface area contributed by atoms with E-state index in [1.54, 1.807) is 0 Å². The second-order valence-corrected chi connectivity index (χ2v) is 7.97. The van der Waals surface area contributed by atoms with Gasteiger partial charge in [-0.2, -0.15) is 4.40 Å². The van der Waals surface area contributed by atoms with Gasteiger partial charge in [-0.05, 0) is 36.3 Å². The molecule has 31 heavy (non-hydrogen) atoms. The summed E-state index contributed by atoms with van der Waals surface area (Å²) < 4.78 is 4.70. The van der Waals surface area contributed by atoms with Gasteiger partial charge in [-0.3, -0.25) is 0 Å². The van der Waals surface area contributed by atoms with E-state index in [0.29, 0.717) is 0 Å². The molecule has 0 unspecified atom stereocenters. The lowest BCUT2D eigenvalue weighted by Crippen LogP contribution is -2.40. The molecule has 5 rings (SSSR count). The number of likely N-dealkylation sites (N-methyl/N-ethyl adjacent to an activating group) is 1. The molecular weight excluding hydrogens is 380 g/mol. The number of aromatic amines is 1. The summed E-state index contributed by atoms with van der Waals surface area (Å²) in [5.74, 6) is 1.13. The Kier molecular flexibility index (Phi) is 5.31. The minimum atomic E-state index is 0.964. The van der Waals surface area contributed by atoms with Crippen LogP contribution in [0.25, 0.3) is 39.2 Å². The highest BCUT2D eigenvalue weighted by molar-refractivity contribution is 5.77. The van der Waals surface area contributed by atoms with E-state index in [9.17, 15) is 0 Å². The van der Waals surface area contributed by atoms with E-state index in [4.69, 9.17) is 0 Å². The maximum atomic E-state index is 3.70. The zero-order valence-electron chi connectivity index (χ0n) is 18.3. The molecule has 1 N–H and O–H groups in total. The highest BCUT2D eigenvalue weighted by Crippen LogP contribution is 2.25. The lowest BCUT2D eigenvalue weighted by Gasteiger charge is -2.16. The molecule has 0 aliphatic rings. The Morgan fingerprint density at radius 3 is 2.16 bits per heavy atom. The molecule has 0 atom stereocenters. The molecule has 0 radical (unpaired) electrons. The van der Waals surface area contributed by atoms with Crippen LogP contribution in [0.3, 0.4) is 0 Å². The van der Waals surface area contributed by atoms with Gasteiger partial charge in [0.25, 0.3) is 0 Å². The predicted octanol–water partition coefficient (Wildman–Crippen LogP) is 5.38. The molecular formula is C27H29N4+. The van der Waals surface area contributed by atoms with Crippen molar-refractivity contribution in [2.75, 3.05) is 19.6 Å². The number of H-pyrrole nitrogens is 1. The molecule has 2 aromatic heterocycles. The number of hydrogen-bond acceptors (Lipinski definition) is 1. The molecule has 0 amide bonds. The van der Waals surface area contributed by atoms with Crippen molar-refractivity contribution >= 4 is 16.8 Å². The van der Waals surface area contributed by atoms with Gasteiger partial charge in [0, 0.05) is 12.1 Å². The van der Waals surface area contributed by atoms with Crippen molar-refractivity contribution in [2.24, 2.45) is 0 Å². The molecule has 4 heteroatoms. The van der Waals surface area contributed by atoms with Crippen molar-refractivity contribution in [1.82, 2.24) is 14.3 Å². The molecule has 0 spiro atoms. The standard InChI is InChI=1S/C27H28N4/c1-3-29(4-2)18-19-30-25-12-8-9-13-26(25)31-20-24(28-27(30)31)23-16-14-22(15-17-23)21-10-6-5-7-11-21/h5-17,20H,3-4,18-19H2,1-2H3/p+1. The number of nitrogens with one attached hydrogen (secondary N) is 1. The molecule has 0 saturated heterocycles. The fourth-order valence-electron chi connectivity index (χ4n) is 4.42. The normalized spacial score (nSPS) is 11.7. The minimum Gasteiger partial charge on any atom is -0.301 e. The number of fused-ring (bicyclic) bond motifs is 3. The lowest BCUT2D eigenvalue weighted by molar-refractivity contribution is -0.647. The SMILES string of the molecule is CCN(CC)CC[n+]1c2ccccc2n2cc(-c3ccc(-c4ccccc4)cc3)[nH]c21. The summed E-state index contributed by atoms with van der Waals surface area (Å²) in [6.07, 6.45) is 2.23. The van der Waals surface area contributed by atoms with Crippen LogP contribution in [-0.4, -0.2) is 33.9 Å². The largest absolute Gasteiger partial charge is 0.368 e. The summed E-state index contributed by atoms with van der Waals surface area (Å²) in [5.41, 5.74) is 7.32. The molecule has 0 bridgehead atoms. The van der Waals surface area contributed by atoms with E-state index in [2.05, 4.69) is 118 Å². The van der Waals surface area contributed by atoms with Crippen LogP contribution in [0, 0.1) is 0 Å². The van der Waals surface area contributed by atoms with Gasteiger partial charge in [0.15, 0.2) is 0 Å². The highest BCUT2D eigenvalue weighted by atomic mass is 15.2. The second-order valence-electron chi connectivity index (χ2n) is 7.97. The van der Waals surface area contributed by atoms with Crippen LogP contribution in [0.1, 0.15) is 13.8 Å². The topological polar surface area (TPSA) is 27.3 Å². The van der Waals surface area contributed by atoms with E-state index >= 15 is 0 Å². The molecule has 2 heterocycles. The van der Waals surface area contributed by atoms with Crippen molar-refractivity contribution in [2.45, 2.75) is 20.4 Å². The number of benzene rings is 3. The molecule has 5 aromatic rings. The number of rotatable bonds is 7. The summed E-state index contributed by atoms with van der Waals surface area (Å²) in [6, 6.07) is 28.0. The summed E-state index contributed by atoms with van der Waals surface area (Å²) in [5, 5.41) is 0. The number of aromatic nitrogens is 3. The van der Waals surface area contributed by atoms with Gasteiger partial charge in [0.1, 0.15) is 22.9 Å². The molecule has 0 aliphatic carbocycles. The van der Waals surface area contributed by atoms with Gasteiger partial charge in [-0.15, -0.1) is 0 Å². The average molecular weight is 410 g/mol. The third-order valence-corrected chi connectivity index (χ3v) is 6.26. The van der Waals surface area contributed by atoms with Crippen LogP contribution in [0.5, 0.6) is 0 Å². The first-order valence-electron chi connectivity index (χ1n) is 11.2. The molecule has 0 fully saturated rings. The molecule has 3 aromatic carbocycles. The quantitative estimate of drug-likeness (QED) is 0.359. The van der Waals surface area contributed by atoms with Crippen molar-refractivity contribution in [3.63, 3.8) is 0 Å². The Morgan fingerprint density at radius 1 is 0.774 bits per heavy atom. The van der Waals surface area contributed by atoms with Crippen molar-refractivity contribution in [3.05, 3.63) is 85.1 Å². The van der Waals surface area contributed by atoms with Gasteiger partial charge >= 0.3 is 5.78 Å². The fraction of sp³-hybridized carbons (Fsp3) is 0.222. The third kappa shape index (κ3) is 3.64. The van der Waals surface area contributed by atoms with Gasteiger partial charge in [0.05, 0.1) is 6.54 Å². The first-order chi connectivity index (χ1) is 15.3. The lowest BCUT2D eigenvalue weighted by atomic mass is 10.0. The van der Waals surface area contributed by atoms with Gasteiger partial charge in [-0.25, -0.2) is 9.55 Å². The van der Waals surface area contributed by atoms with Gasteiger partial charge in [-0.1, -0.05) is 80.6 Å². The predicted molar refractivity (Wildman–Crippen MR) is 128 cm³/mol. The molecule has 0 aliphatic heterocycles. The first-order valence-corrected chi connectivity index (χ1v) is 11.2. The Balaban J connectivity index is 1.53. The highest BCUT2D eigenvalue weighted by Gasteiger charge is 2.21. The van der Waals surface area contributed by atoms with Crippen LogP contribution in [0.15, 0.2) is 85.1 Å². The monoisotopic (exact) mass is 409 g/mol. The van der Waals surface area contributed by atoms with E-state index in [1.165, 1.54) is 27.7 Å². The van der Waals surface area contributed by atoms with E-state index in [1.807, 2.05) is 0 Å². The zero-order valence-corrected chi connectivity index (χ0v) is 18.3. The summed E-state index contributed by atoms with van der Waals surface area (Å²) in [4.78, 5) is 6.17. The van der Waals surface area contributed by atoms with Gasteiger partial charge < -0.3 is 4.90 Å². The molecule has 156 valence electrons. The first kappa shape index (κ1) is 19.6. The minimum absolute atomic E-state index is 0.964. The maximum Gasteiger partial charge on any atom is 0.368 e. The van der Waals surface area contributed by atoms with Crippen LogP contribution < -0.4 is 4.57 Å². The van der Waals surface area contributed by atoms with Crippen LogP contribution >= 0.6 is 0 Å². The van der Waals surface area contributed by atoms with Crippen LogP contribution in [0.4, 0.5) is 0 Å². The molecule has 0 saturated carbocycles. The van der Waals surface area contributed by atoms with Crippen molar-refractivity contribution < 1.29 is 4.57 Å². The van der Waals surface area contributed by atoms with E-state index in [0.717, 1.165) is 37.7 Å². The van der Waals surface area contributed by atoms with Gasteiger partial charge in [0.2, 0.25) is 0 Å². The number of nitrogens with zero attached hydrogens (tertiary/aromatic N) is 3. The van der Waals surface area contributed by atoms with Crippen molar-refractivity contribution in [3.8, 4) is 22.4 Å². The summed E-state index contributed by atoms with van der Waals surface area (Å²) in [7, 11) is 0. The third-order valence-electron chi connectivity index (χ3n) is 6.26. The van der Waals surface area contributed by atoms with E-state index in [-0.39, 0.29) is 0 Å². The van der Waals surface area contributed by atoms with Crippen LogP contribution in [0.2, 0.25) is 0 Å². The summed E-state index contributed by atoms with van der Waals surface area (Å²) >= 11 is 0. The fourth-order valence-corrected chi connectivity index (χ4v) is 4.42. The number of para-hydroxylation sites is 2. The number of imidazole rings is 2. The summed E-state index contributed by atoms with van der Waals surface area (Å²) in [6.45, 7) is 8.62. The molecule has 4 nitrogen and oxygen atoms in total. The Hall–Kier alpha value is -3.37. The Bertz CT molecular complexity index is 1290. The average Bonchev–Trinajstić information content (AvgIpc) is 3.39. The zero-order chi connectivity index (χ0) is 21.2. The Morgan fingerprint density at radius 2 is 1.42 bits per heavy atom. The smallest absolute Gasteiger partial charge is 0.301 e. The van der Waals surface area contributed by atoms with E-state index < -0.39 is 0 Å². The second kappa shape index (κ2) is 8.40. The van der Waals surface area contributed by atoms with Crippen molar-refractivity contribution in [1.29, 1.82) is 0 Å². The van der Waals surface area contributed by atoms with Crippen LogP contribution in [-0.2, 0) is 6.54 Å². The Labute approximate surface area is 183 Å².